The number of carbonyl (C=O) groups is 1. The highest BCUT2D eigenvalue weighted by molar-refractivity contribution is 7.86. The summed E-state index contributed by atoms with van der Waals surface area (Å²) in [6.45, 7) is 8.12. The molecule has 2 saturated carbocycles. The summed E-state index contributed by atoms with van der Waals surface area (Å²) < 4.78 is 36.3. The van der Waals surface area contributed by atoms with E-state index in [0.29, 0.717) is 30.1 Å². The fourth-order valence-corrected chi connectivity index (χ4v) is 6.55. The Hall–Kier alpha value is -1.40. The van der Waals surface area contributed by atoms with Crippen LogP contribution in [-0.4, -0.2) is 27.1 Å². The number of methoxy groups -OCH3 is 1. The Kier molecular flexibility index (Phi) is 5.19. The molecular weight excluding hydrogens is 364 g/mol. The lowest BCUT2D eigenvalue weighted by atomic mass is 9.70. The van der Waals surface area contributed by atoms with Crippen LogP contribution in [0.1, 0.15) is 64.0 Å². The van der Waals surface area contributed by atoms with E-state index in [1.54, 1.807) is 7.11 Å². The van der Waals surface area contributed by atoms with Crippen LogP contribution in [0.3, 0.4) is 0 Å². The van der Waals surface area contributed by atoms with E-state index in [4.69, 9.17) is 8.92 Å². The molecule has 0 heterocycles. The van der Waals surface area contributed by atoms with Gasteiger partial charge in [-0.25, -0.2) is 0 Å². The van der Waals surface area contributed by atoms with Crippen LogP contribution in [0.4, 0.5) is 0 Å². The van der Waals surface area contributed by atoms with E-state index in [9.17, 15) is 13.2 Å². The Morgan fingerprint density at radius 3 is 2.48 bits per heavy atom. The molecule has 27 heavy (non-hydrogen) atoms. The molecule has 3 rings (SSSR count). The minimum atomic E-state index is -3.85. The maximum absolute atomic E-state index is 12.8. The van der Waals surface area contributed by atoms with Crippen LogP contribution < -0.4 is 4.74 Å². The number of benzene rings is 1. The summed E-state index contributed by atoms with van der Waals surface area (Å²) in [5.74, 6) is 1.05. The molecule has 1 aromatic rings. The molecule has 6 heteroatoms. The zero-order valence-corrected chi connectivity index (χ0v) is 17.7. The minimum absolute atomic E-state index is 0.0790. The molecule has 2 fully saturated rings. The van der Waals surface area contributed by atoms with Gasteiger partial charge in [-0.3, -0.25) is 8.98 Å². The summed E-state index contributed by atoms with van der Waals surface area (Å²) in [5, 5.41) is 0. The van der Waals surface area contributed by atoms with Crippen LogP contribution in [0, 0.1) is 16.7 Å². The predicted octanol–water partition coefficient (Wildman–Crippen LogP) is 4.06. The average Bonchev–Trinajstić information content (AvgIpc) is 2.93. The Morgan fingerprint density at radius 1 is 1.26 bits per heavy atom. The number of carbonyl (C=O) groups excluding carboxylic acids is 1. The minimum Gasteiger partial charge on any atom is -0.496 e. The van der Waals surface area contributed by atoms with Gasteiger partial charge in [-0.15, -0.1) is 0 Å². The predicted molar refractivity (Wildman–Crippen MR) is 104 cm³/mol. The number of ketones is 1. The van der Waals surface area contributed by atoms with Gasteiger partial charge in [0.1, 0.15) is 11.5 Å². The standard InChI is InChI=1S/C21H30O5S/c1-14(2)15-6-7-18(25-5)16(10-15)12-26-27(23,24)13-21-9-8-17(11-19(21)22)20(21,3)4/h6-7,10,14,17H,8-9,11-13H2,1-5H3/t17?,21-/m0/s1. The number of hydrogen-bond donors (Lipinski definition) is 0. The van der Waals surface area contributed by atoms with E-state index in [1.165, 1.54) is 0 Å². The van der Waals surface area contributed by atoms with Gasteiger partial charge in [-0.2, -0.15) is 8.42 Å². The fraction of sp³-hybridized carbons (Fsp3) is 0.667. The van der Waals surface area contributed by atoms with Crippen molar-refractivity contribution in [1.29, 1.82) is 0 Å². The molecule has 2 aliphatic rings. The normalized spacial score (nSPS) is 26.7. The van der Waals surface area contributed by atoms with Gasteiger partial charge in [0.2, 0.25) is 0 Å². The average molecular weight is 395 g/mol. The summed E-state index contributed by atoms with van der Waals surface area (Å²) >= 11 is 0. The highest BCUT2D eigenvalue weighted by Gasteiger charge is 2.65. The fourth-order valence-electron chi connectivity index (χ4n) is 4.88. The third-order valence-corrected chi connectivity index (χ3v) is 8.25. The van der Waals surface area contributed by atoms with Gasteiger partial charge < -0.3 is 4.74 Å². The van der Waals surface area contributed by atoms with Gasteiger partial charge in [0.25, 0.3) is 10.1 Å². The number of rotatable bonds is 7. The Morgan fingerprint density at radius 2 is 1.96 bits per heavy atom. The van der Waals surface area contributed by atoms with Crippen molar-refractivity contribution in [2.75, 3.05) is 12.9 Å². The molecule has 1 unspecified atom stereocenters. The van der Waals surface area contributed by atoms with E-state index >= 15 is 0 Å². The van der Waals surface area contributed by atoms with Gasteiger partial charge in [-0.05, 0) is 47.8 Å². The number of fused-ring (bicyclic) bond motifs is 2. The molecule has 1 aromatic carbocycles. The van der Waals surface area contributed by atoms with Crippen molar-refractivity contribution >= 4 is 15.9 Å². The van der Waals surface area contributed by atoms with Crippen LogP contribution in [0.25, 0.3) is 0 Å². The molecule has 0 spiro atoms. The van der Waals surface area contributed by atoms with E-state index in [-0.39, 0.29) is 29.5 Å². The van der Waals surface area contributed by atoms with Crippen molar-refractivity contribution in [3.8, 4) is 5.75 Å². The SMILES string of the molecule is COc1ccc(C(C)C)cc1COS(=O)(=O)C[C@@]12CCC(CC1=O)C2(C)C. The summed E-state index contributed by atoms with van der Waals surface area (Å²) in [5.41, 5.74) is 0.693. The van der Waals surface area contributed by atoms with Crippen LogP contribution >= 0.6 is 0 Å². The zero-order chi connectivity index (χ0) is 20.0. The maximum atomic E-state index is 12.8. The van der Waals surface area contributed by atoms with Crippen LogP contribution in [-0.2, 0) is 25.7 Å². The van der Waals surface area contributed by atoms with Crippen molar-refractivity contribution in [1.82, 2.24) is 0 Å². The topological polar surface area (TPSA) is 69.7 Å². The largest absolute Gasteiger partial charge is 0.496 e. The lowest BCUT2D eigenvalue weighted by Gasteiger charge is -2.35. The number of hydrogen-bond acceptors (Lipinski definition) is 5. The second-order valence-electron chi connectivity index (χ2n) is 8.86. The van der Waals surface area contributed by atoms with Gasteiger partial charge in [0.05, 0.1) is 24.9 Å². The molecule has 0 amide bonds. The third kappa shape index (κ3) is 3.42. The maximum Gasteiger partial charge on any atom is 0.268 e. The third-order valence-electron chi connectivity index (χ3n) is 6.93. The molecule has 2 atom stereocenters. The van der Waals surface area contributed by atoms with E-state index in [2.05, 4.69) is 13.8 Å². The molecule has 2 aliphatic carbocycles. The molecule has 0 aliphatic heterocycles. The van der Waals surface area contributed by atoms with E-state index in [1.807, 2.05) is 32.0 Å². The first-order chi connectivity index (χ1) is 12.5. The van der Waals surface area contributed by atoms with Crippen molar-refractivity contribution < 1.29 is 22.1 Å². The van der Waals surface area contributed by atoms with Crippen LogP contribution in [0.5, 0.6) is 5.75 Å². The lowest BCUT2D eigenvalue weighted by Crippen LogP contribution is -2.42. The van der Waals surface area contributed by atoms with Crippen molar-refractivity contribution in [2.24, 2.45) is 16.7 Å². The van der Waals surface area contributed by atoms with Gasteiger partial charge in [-0.1, -0.05) is 33.8 Å². The monoisotopic (exact) mass is 394 g/mol. The molecule has 0 aromatic heterocycles. The second kappa shape index (κ2) is 6.89. The quantitative estimate of drug-likeness (QED) is 0.652. The molecule has 5 nitrogen and oxygen atoms in total. The van der Waals surface area contributed by atoms with Crippen molar-refractivity contribution in [2.45, 2.75) is 59.5 Å². The summed E-state index contributed by atoms with van der Waals surface area (Å²) in [6, 6.07) is 5.73. The molecule has 0 N–H and O–H groups in total. The Labute approximate surface area is 162 Å². The van der Waals surface area contributed by atoms with Crippen LogP contribution in [0.2, 0.25) is 0 Å². The Bertz CT molecular complexity index is 840. The van der Waals surface area contributed by atoms with Gasteiger partial charge in [0, 0.05) is 12.0 Å². The first-order valence-corrected chi connectivity index (χ1v) is 11.2. The lowest BCUT2D eigenvalue weighted by molar-refractivity contribution is -0.128. The Balaban J connectivity index is 1.78. The first-order valence-electron chi connectivity index (χ1n) is 9.59. The van der Waals surface area contributed by atoms with E-state index in [0.717, 1.165) is 12.0 Å². The van der Waals surface area contributed by atoms with Crippen molar-refractivity contribution in [3.63, 3.8) is 0 Å². The molecule has 0 saturated heterocycles. The molecular formula is C21H30O5S. The summed E-state index contributed by atoms with van der Waals surface area (Å²) in [6.07, 6.45) is 2.05. The smallest absolute Gasteiger partial charge is 0.268 e. The number of Topliss-reactive ketones (excluding diaryl/α,β-unsaturated/α-hetero) is 1. The summed E-state index contributed by atoms with van der Waals surface area (Å²) in [4.78, 5) is 12.6. The molecule has 0 radical (unpaired) electrons. The molecule has 150 valence electrons. The summed E-state index contributed by atoms with van der Waals surface area (Å²) in [7, 11) is -2.29. The highest BCUT2D eigenvalue weighted by atomic mass is 32.2. The van der Waals surface area contributed by atoms with Crippen LogP contribution in [0.15, 0.2) is 18.2 Å². The van der Waals surface area contributed by atoms with Gasteiger partial charge >= 0.3 is 0 Å². The highest BCUT2D eigenvalue weighted by Crippen LogP contribution is 2.64. The molecule has 2 bridgehead atoms. The second-order valence-corrected chi connectivity index (χ2v) is 10.5. The van der Waals surface area contributed by atoms with E-state index < -0.39 is 15.5 Å². The van der Waals surface area contributed by atoms with Gasteiger partial charge in [0.15, 0.2) is 0 Å². The zero-order valence-electron chi connectivity index (χ0n) is 16.9. The van der Waals surface area contributed by atoms with Crippen molar-refractivity contribution in [3.05, 3.63) is 29.3 Å². The first kappa shape index (κ1) is 20.3. The number of ether oxygens (including phenoxy) is 1.